The number of rotatable bonds is 7. The molecule has 1 aromatic carbocycles. The smallest absolute Gasteiger partial charge is 0.123 e. The molecule has 0 radical (unpaired) electrons. The molecule has 0 bridgehead atoms. The van der Waals surface area contributed by atoms with Crippen molar-refractivity contribution in [2.45, 2.75) is 19.9 Å². The van der Waals surface area contributed by atoms with E-state index >= 15 is 0 Å². The molecule has 4 heteroatoms. The van der Waals surface area contributed by atoms with Crippen LogP contribution in [0.15, 0.2) is 18.2 Å². The van der Waals surface area contributed by atoms with Crippen molar-refractivity contribution in [3.05, 3.63) is 23.8 Å². The van der Waals surface area contributed by atoms with Gasteiger partial charge in [-0.3, -0.25) is 4.90 Å². The van der Waals surface area contributed by atoms with Gasteiger partial charge in [0.25, 0.3) is 0 Å². The number of aliphatic hydroxyl groups is 1. The highest BCUT2D eigenvalue weighted by molar-refractivity contribution is 5.39. The lowest BCUT2D eigenvalue weighted by Gasteiger charge is -2.16. The number of benzene rings is 1. The van der Waals surface area contributed by atoms with Crippen molar-refractivity contribution >= 4 is 0 Å². The van der Waals surface area contributed by atoms with E-state index < -0.39 is 0 Å². The highest BCUT2D eigenvalue weighted by Gasteiger charge is 2.06. The molecular weight excluding hydrogens is 218 g/mol. The summed E-state index contributed by atoms with van der Waals surface area (Å²) in [7, 11) is 1.90. The van der Waals surface area contributed by atoms with Gasteiger partial charge >= 0.3 is 0 Å². The number of aromatic hydroxyl groups is 1. The van der Waals surface area contributed by atoms with Crippen LogP contribution in [0.4, 0.5) is 0 Å². The molecule has 0 aliphatic carbocycles. The Morgan fingerprint density at radius 3 is 2.71 bits per heavy atom. The number of phenolic OH excluding ortho intramolecular Hbond substituents is 1. The lowest BCUT2D eigenvalue weighted by Crippen LogP contribution is -2.21. The quantitative estimate of drug-likeness (QED) is 0.759. The number of likely N-dealkylation sites (N-methyl/N-ethyl adjacent to an activating group) is 1. The van der Waals surface area contributed by atoms with E-state index in [-0.39, 0.29) is 12.4 Å². The predicted molar refractivity (Wildman–Crippen MR) is 67.3 cm³/mol. The third-order valence-corrected chi connectivity index (χ3v) is 2.45. The summed E-state index contributed by atoms with van der Waals surface area (Å²) in [6.07, 6.45) is 0.946. The van der Waals surface area contributed by atoms with E-state index in [9.17, 15) is 5.11 Å². The van der Waals surface area contributed by atoms with E-state index in [4.69, 9.17) is 9.84 Å². The molecule has 0 aliphatic heterocycles. The first-order valence-corrected chi connectivity index (χ1v) is 5.91. The number of phenols is 1. The van der Waals surface area contributed by atoms with Gasteiger partial charge < -0.3 is 14.9 Å². The monoisotopic (exact) mass is 239 g/mol. The van der Waals surface area contributed by atoms with Gasteiger partial charge in [-0.2, -0.15) is 0 Å². The first-order chi connectivity index (χ1) is 8.17. The maximum atomic E-state index is 9.84. The predicted octanol–water partition coefficient (Wildman–Crippen LogP) is 1.61. The van der Waals surface area contributed by atoms with Crippen molar-refractivity contribution in [1.82, 2.24) is 4.90 Å². The van der Waals surface area contributed by atoms with Gasteiger partial charge in [-0.05, 0) is 19.5 Å². The van der Waals surface area contributed by atoms with Crippen LogP contribution in [0.25, 0.3) is 0 Å². The molecule has 0 aromatic heterocycles. The Kier molecular flexibility index (Phi) is 5.80. The molecule has 0 aliphatic rings. The Hall–Kier alpha value is -1.26. The molecular formula is C13H21NO3. The van der Waals surface area contributed by atoms with E-state index in [0.29, 0.717) is 25.4 Å². The van der Waals surface area contributed by atoms with E-state index in [0.717, 1.165) is 12.0 Å². The molecule has 4 nitrogen and oxygen atoms in total. The zero-order valence-corrected chi connectivity index (χ0v) is 10.5. The first kappa shape index (κ1) is 13.8. The van der Waals surface area contributed by atoms with Crippen molar-refractivity contribution in [2.75, 3.05) is 26.8 Å². The molecule has 96 valence electrons. The molecule has 0 unspecified atom stereocenters. The SMILES string of the molecule is CCCOc1ccc(CN(C)CCO)c(O)c1. The molecule has 0 atom stereocenters. The number of ether oxygens (including phenoxy) is 1. The Balaban J connectivity index is 2.62. The summed E-state index contributed by atoms with van der Waals surface area (Å²) >= 11 is 0. The Bertz CT molecular complexity index is 341. The maximum absolute atomic E-state index is 9.84. The van der Waals surface area contributed by atoms with Crippen LogP contribution >= 0.6 is 0 Å². The van der Waals surface area contributed by atoms with E-state index in [1.54, 1.807) is 6.07 Å². The number of hydrogen-bond donors (Lipinski definition) is 2. The van der Waals surface area contributed by atoms with Crippen LogP contribution in [0.3, 0.4) is 0 Å². The van der Waals surface area contributed by atoms with Gasteiger partial charge in [-0.25, -0.2) is 0 Å². The van der Waals surface area contributed by atoms with Crippen LogP contribution in [-0.4, -0.2) is 41.9 Å². The molecule has 0 spiro atoms. The van der Waals surface area contributed by atoms with E-state index in [1.807, 2.05) is 31.0 Å². The summed E-state index contributed by atoms with van der Waals surface area (Å²) in [4.78, 5) is 1.95. The van der Waals surface area contributed by atoms with Gasteiger partial charge in [0.1, 0.15) is 11.5 Å². The lowest BCUT2D eigenvalue weighted by atomic mass is 10.2. The van der Waals surface area contributed by atoms with Crippen molar-refractivity contribution < 1.29 is 14.9 Å². The molecule has 17 heavy (non-hydrogen) atoms. The van der Waals surface area contributed by atoms with Crippen LogP contribution in [-0.2, 0) is 6.54 Å². The standard InChI is InChI=1S/C13H21NO3/c1-3-8-17-12-5-4-11(13(16)9-12)10-14(2)6-7-15/h4-5,9,15-16H,3,6-8,10H2,1-2H3. The molecule has 2 N–H and O–H groups in total. The Labute approximate surface area is 102 Å². The fourth-order valence-electron chi connectivity index (χ4n) is 1.53. The fraction of sp³-hybridized carbons (Fsp3) is 0.538. The summed E-state index contributed by atoms with van der Waals surface area (Å²) in [5.74, 6) is 0.932. The lowest BCUT2D eigenvalue weighted by molar-refractivity contribution is 0.216. The molecule has 1 rings (SSSR count). The minimum absolute atomic E-state index is 0.120. The zero-order chi connectivity index (χ0) is 12.7. The molecule has 0 saturated carbocycles. The molecule has 0 heterocycles. The van der Waals surface area contributed by atoms with Gasteiger partial charge in [0.05, 0.1) is 13.2 Å². The number of aliphatic hydroxyl groups excluding tert-OH is 1. The summed E-state index contributed by atoms with van der Waals surface area (Å²) in [6, 6.07) is 5.35. The zero-order valence-electron chi connectivity index (χ0n) is 10.5. The van der Waals surface area contributed by atoms with Gasteiger partial charge in [0, 0.05) is 24.7 Å². The van der Waals surface area contributed by atoms with Crippen molar-refractivity contribution in [3.63, 3.8) is 0 Å². The highest BCUT2D eigenvalue weighted by atomic mass is 16.5. The van der Waals surface area contributed by atoms with Crippen LogP contribution in [0, 0.1) is 0 Å². The van der Waals surface area contributed by atoms with Gasteiger partial charge in [0.2, 0.25) is 0 Å². The molecule has 0 amide bonds. The third kappa shape index (κ3) is 4.63. The van der Waals surface area contributed by atoms with Gasteiger partial charge in [-0.15, -0.1) is 0 Å². The topological polar surface area (TPSA) is 52.9 Å². The normalized spacial score (nSPS) is 10.8. The summed E-state index contributed by atoms with van der Waals surface area (Å²) in [5, 5.41) is 18.6. The minimum Gasteiger partial charge on any atom is -0.507 e. The van der Waals surface area contributed by atoms with Crippen LogP contribution in [0.1, 0.15) is 18.9 Å². The van der Waals surface area contributed by atoms with E-state index in [2.05, 4.69) is 0 Å². The van der Waals surface area contributed by atoms with Crippen LogP contribution in [0.2, 0.25) is 0 Å². The fourth-order valence-corrected chi connectivity index (χ4v) is 1.53. The highest BCUT2D eigenvalue weighted by Crippen LogP contribution is 2.24. The average molecular weight is 239 g/mol. The second kappa shape index (κ2) is 7.14. The Morgan fingerprint density at radius 2 is 2.12 bits per heavy atom. The van der Waals surface area contributed by atoms with E-state index in [1.165, 1.54) is 0 Å². The second-order valence-corrected chi connectivity index (χ2v) is 4.10. The largest absolute Gasteiger partial charge is 0.507 e. The van der Waals surface area contributed by atoms with Crippen molar-refractivity contribution in [2.24, 2.45) is 0 Å². The second-order valence-electron chi connectivity index (χ2n) is 4.10. The molecule has 0 saturated heterocycles. The Morgan fingerprint density at radius 1 is 1.35 bits per heavy atom. The minimum atomic E-state index is 0.120. The van der Waals surface area contributed by atoms with Gasteiger partial charge in [-0.1, -0.05) is 13.0 Å². The first-order valence-electron chi connectivity index (χ1n) is 5.91. The molecule has 1 aromatic rings. The van der Waals surface area contributed by atoms with Gasteiger partial charge in [0.15, 0.2) is 0 Å². The van der Waals surface area contributed by atoms with Crippen LogP contribution < -0.4 is 4.74 Å². The number of hydrogen-bond acceptors (Lipinski definition) is 4. The van der Waals surface area contributed by atoms with Crippen molar-refractivity contribution in [3.8, 4) is 11.5 Å². The summed E-state index contributed by atoms with van der Waals surface area (Å²) < 4.78 is 5.43. The summed E-state index contributed by atoms with van der Waals surface area (Å²) in [5.41, 5.74) is 0.838. The van der Waals surface area contributed by atoms with Crippen LogP contribution in [0.5, 0.6) is 11.5 Å². The number of nitrogens with zero attached hydrogens (tertiary/aromatic N) is 1. The maximum Gasteiger partial charge on any atom is 0.123 e. The third-order valence-electron chi connectivity index (χ3n) is 2.45. The summed E-state index contributed by atoms with van der Waals surface area (Å²) in [6.45, 7) is 4.02. The van der Waals surface area contributed by atoms with Crippen molar-refractivity contribution in [1.29, 1.82) is 0 Å². The average Bonchev–Trinajstić information content (AvgIpc) is 2.30. The molecule has 0 fully saturated rings.